The lowest BCUT2D eigenvalue weighted by molar-refractivity contribution is 0.807. The highest BCUT2D eigenvalue weighted by molar-refractivity contribution is 5.49. The van der Waals surface area contributed by atoms with Crippen LogP contribution >= 0.6 is 0 Å². The van der Waals surface area contributed by atoms with Gasteiger partial charge < -0.3 is 10.3 Å². The summed E-state index contributed by atoms with van der Waals surface area (Å²) < 4.78 is 1.80. The van der Waals surface area contributed by atoms with Crippen molar-refractivity contribution in [3.05, 3.63) is 42.2 Å². The van der Waals surface area contributed by atoms with Crippen molar-refractivity contribution in [1.82, 2.24) is 24.6 Å². The molecule has 98 valence electrons. The fourth-order valence-electron chi connectivity index (χ4n) is 1.92. The Morgan fingerprint density at radius 2 is 2.26 bits per heavy atom. The third-order valence-electron chi connectivity index (χ3n) is 2.96. The molecule has 6 heteroatoms. The number of fused-ring (bicyclic) bond motifs is 1. The minimum atomic E-state index is 0.379. The van der Waals surface area contributed by atoms with E-state index in [9.17, 15) is 0 Å². The molecule has 0 aliphatic heterocycles. The lowest BCUT2D eigenvalue weighted by Crippen LogP contribution is -2.08. The molecule has 0 fully saturated rings. The van der Waals surface area contributed by atoms with Crippen LogP contribution in [0, 0.1) is 0 Å². The number of anilines is 1. The van der Waals surface area contributed by atoms with Crippen LogP contribution in [-0.4, -0.2) is 24.6 Å². The number of nitrogens with zero attached hydrogens (tertiary/aromatic N) is 4. The standard InChI is InChI=1S/C13H16N6/c1-9(2)10-7-13(16-8-11-14-5-6-15-11)19-12(18-10)3-4-17-19/h3-7,9,16H,8H2,1-2H3,(H,14,15). The number of aromatic nitrogens is 5. The number of hydrogen-bond donors (Lipinski definition) is 2. The number of hydrogen-bond acceptors (Lipinski definition) is 4. The van der Waals surface area contributed by atoms with E-state index in [1.165, 1.54) is 0 Å². The Morgan fingerprint density at radius 1 is 1.37 bits per heavy atom. The van der Waals surface area contributed by atoms with Gasteiger partial charge in [-0.15, -0.1) is 0 Å². The molecule has 0 spiro atoms. The average Bonchev–Trinajstić information content (AvgIpc) is 3.06. The second-order valence-corrected chi connectivity index (χ2v) is 4.71. The van der Waals surface area contributed by atoms with Gasteiger partial charge in [0.05, 0.1) is 12.7 Å². The summed E-state index contributed by atoms with van der Waals surface area (Å²) in [7, 11) is 0. The Balaban J connectivity index is 1.94. The van der Waals surface area contributed by atoms with Crippen LogP contribution in [0.1, 0.15) is 31.3 Å². The number of imidazole rings is 1. The maximum absolute atomic E-state index is 4.58. The summed E-state index contributed by atoms with van der Waals surface area (Å²) in [5, 5.41) is 7.62. The minimum Gasteiger partial charge on any atom is -0.363 e. The van der Waals surface area contributed by atoms with Crippen molar-refractivity contribution in [3.63, 3.8) is 0 Å². The first-order chi connectivity index (χ1) is 9.24. The molecule has 0 aliphatic rings. The third-order valence-corrected chi connectivity index (χ3v) is 2.96. The first kappa shape index (κ1) is 11.7. The smallest absolute Gasteiger partial charge is 0.157 e. The zero-order valence-electron chi connectivity index (χ0n) is 11.0. The molecule has 2 N–H and O–H groups in total. The highest BCUT2D eigenvalue weighted by Crippen LogP contribution is 2.18. The van der Waals surface area contributed by atoms with Crippen molar-refractivity contribution < 1.29 is 0 Å². The molecule has 19 heavy (non-hydrogen) atoms. The second kappa shape index (κ2) is 4.72. The molecule has 0 saturated heterocycles. The topological polar surface area (TPSA) is 70.9 Å². The van der Waals surface area contributed by atoms with Crippen molar-refractivity contribution >= 4 is 11.5 Å². The lowest BCUT2D eigenvalue weighted by atomic mass is 10.1. The zero-order valence-corrected chi connectivity index (χ0v) is 11.0. The lowest BCUT2D eigenvalue weighted by Gasteiger charge is -2.11. The molecule has 0 atom stereocenters. The van der Waals surface area contributed by atoms with Crippen molar-refractivity contribution in [2.75, 3.05) is 5.32 Å². The summed E-state index contributed by atoms with van der Waals surface area (Å²) >= 11 is 0. The van der Waals surface area contributed by atoms with Gasteiger partial charge in [0.15, 0.2) is 5.65 Å². The molecule has 0 amide bonds. The monoisotopic (exact) mass is 256 g/mol. The molecule has 0 bridgehead atoms. The summed E-state index contributed by atoms with van der Waals surface area (Å²) in [5.41, 5.74) is 1.91. The fourth-order valence-corrected chi connectivity index (χ4v) is 1.92. The van der Waals surface area contributed by atoms with E-state index in [2.05, 4.69) is 39.2 Å². The van der Waals surface area contributed by atoms with Gasteiger partial charge in [-0.1, -0.05) is 13.8 Å². The van der Waals surface area contributed by atoms with Crippen molar-refractivity contribution in [3.8, 4) is 0 Å². The van der Waals surface area contributed by atoms with Gasteiger partial charge >= 0.3 is 0 Å². The normalized spacial score (nSPS) is 11.3. The summed E-state index contributed by atoms with van der Waals surface area (Å²) in [6.45, 7) is 4.89. The van der Waals surface area contributed by atoms with Gasteiger partial charge in [-0.05, 0) is 5.92 Å². The molecule has 3 heterocycles. The minimum absolute atomic E-state index is 0.379. The van der Waals surface area contributed by atoms with Gasteiger partial charge in [-0.25, -0.2) is 9.97 Å². The Kier molecular flexibility index (Phi) is 2.91. The van der Waals surface area contributed by atoms with Crippen molar-refractivity contribution in [2.24, 2.45) is 0 Å². The van der Waals surface area contributed by atoms with E-state index in [0.717, 1.165) is 23.0 Å². The first-order valence-electron chi connectivity index (χ1n) is 6.31. The summed E-state index contributed by atoms with van der Waals surface area (Å²) in [5.74, 6) is 2.20. The van der Waals surface area contributed by atoms with Crippen LogP contribution < -0.4 is 5.32 Å². The van der Waals surface area contributed by atoms with E-state index >= 15 is 0 Å². The number of nitrogens with one attached hydrogen (secondary N) is 2. The van der Waals surface area contributed by atoms with E-state index in [4.69, 9.17) is 0 Å². The largest absolute Gasteiger partial charge is 0.363 e. The van der Waals surface area contributed by atoms with Crippen molar-refractivity contribution in [2.45, 2.75) is 26.3 Å². The van der Waals surface area contributed by atoms with Gasteiger partial charge in [-0.3, -0.25) is 0 Å². The Labute approximate surface area is 110 Å². The quantitative estimate of drug-likeness (QED) is 0.750. The van der Waals surface area contributed by atoms with Crippen molar-refractivity contribution in [1.29, 1.82) is 0 Å². The highest BCUT2D eigenvalue weighted by atomic mass is 15.3. The fraction of sp³-hybridized carbons (Fsp3) is 0.308. The van der Waals surface area contributed by atoms with Gasteiger partial charge in [0.25, 0.3) is 0 Å². The summed E-state index contributed by atoms with van der Waals surface area (Å²) in [4.78, 5) is 11.8. The molecule has 0 unspecified atom stereocenters. The maximum atomic E-state index is 4.58. The van der Waals surface area contributed by atoms with Crippen LogP contribution in [0.25, 0.3) is 5.65 Å². The van der Waals surface area contributed by atoms with Crippen LogP contribution in [0.15, 0.2) is 30.7 Å². The van der Waals surface area contributed by atoms with Crippen LogP contribution in [0.2, 0.25) is 0 Å². The van der Waals surface area contributed by atoms with E-state index < -0.39 is 0 Å². The van der Waals surface area contributed by atoms with E-state index in [1.54, 1.807) is 16.9 Å². The predicted octanol–water partition coefficient (Wildman–Crippen LogP) is 2.19. The van der Waals surface area contributed by atoms with Gasteiger partial charge in [-0.2, -0.15) is 9.61 Å². The molecule has 0 aromatic carbocycles. The predicted molar refractivity (Wildman–Crippen MR) is 73.0 cm³/mol. The van der Waals surface area contributed by atoms with E-state index in [-0.39, 0.29) is 0 Å². The highest BCUT2D eigenvalue weighted by Gasteiger charge is 2.09. The van der Waals surface area contributed by atoms with Crippen LogP contribution in [0.4, 0.5) is 5.82 Å². The SMILES string of the molecule is CC(C)c1cc(NCc2ncc[nH]2)n2nccc2n1. The summed E-state index contributed by atoms with van der Waals surface area (Å²) in [6, 6.07) is 3.94. The van der Waals surface area contributed by atoms with Gasteiger partial charge in [0, 0.05) is 30.2 Å². The molecular weight excluding hydrogens is 240 g/mol. The molecule has 6 nitrogen and oxygen atoms in total. The zero-order chi connectivity index (χ0) is 13.2. The average molecular weight is 256 g/mol. The maximum Gasteiger partial charge on any atom is 0.157 e. The Morgan fingerprint density at radius 3 is 3.00 bits per heavy atom. The number of H-pyrrole nitrogens is 1. The molecular formula is C13H16N6. The molecule has 3 rings (SSSR count). The van der Waals surface area contributed by atoms with Gasteiger partial charge in [0.1, 0.15) is 11.6 Å². The van der Waals surface area contributed by atoms with Crippen LogP contribution in [-0.2, 0) is 6.54 Å². The molecule has 0 radical (unpaired) electrons. The number of aromatic amines is 1. The van der Waals surface area contributed by atoms with E-state index in [0.29, 0.717) is 12.5 Å². The molecule has 3 aromatic rings. The Bertz CT molecular complexity index is 668. The van der Waals surface area contributed by atoms with E-state index in [1.807, 2.05) is 18.3 Å². The molecule has 0 saturated carbocycles. The van der Waals surface area contributed by atoms with Gasteiger partial charge in [0.2, 0.25) is 0 Å². The van der Waals surface area contributed by atoms with Crippen LogP contribution in [0.5, 0.6) is 0 Å². The van der Waals surface area contributed by atoms with Crippen LogP contribution in [0.3, 0.4) is 0 Å². The Hall–Kier alpha value is -2.37. The first-order valence-corrected chi connectivity index (χ1v) is 6.31. The second-order valence-electron chi connectivity index (χ2n) is 4.71. The third kappa shape index (κ3) is 2.29. The molecule has 0 aliphatic carbocycles. The molecule has 3 aromatic heterocycles. The number of rotatable bonds is 4. The summed E-state index contributed by atoms with van der Waals surface area (Å²) in [6.07, 6.45) is 5.31.